The number of aromatic nitrogens is 4. The van der Waals surface area contributed by atoms with Crippen molar-refractivity contribution in [3.63, 3.8) is 0 Å². The molecule has 14 nitrogen and oxygen atoms in total. The summed E-state index contributed by atoms with van der Waals surface area (Å²) in [7, 11) is 0. The molecule has 3 aliphatic rings. The van der Waals surface area contributed by atoms with Gasteiger partial charge in [0.1, 0.15) is 11.4 Å². The van der Waals surface area contributed by atoms with Crippen molar-refractivity contribution < 1.29 is 63.7 Å². The van der Waals surface area contributed by atoms with Gasteiger partial charge in [-0.3, -0.25) is 9.59 Å². The fraction of sp³-hybridized carbons (Fsp3) is 0.639. The van der Waals surface area contributed by atoms with Crippen molar-refractivity contribution in [1.29, 1.82) is 0 Å². The van der Waals surface area contributed by atoms with Crippen molar-refractivity contribution in [3.05, 3.63) is 41.4 Å². The number of thioether (sulfide) groups is 1. The predicted molar refractivity (Wildman–Crippen MR) is 192 cm³/mol. The summed E-state index contributed by atoms with van der Waals surface area (Å²) in [4.78, 5) is 45.0. The minimum absolute atomic E-state index is 0. The van der Waals surface area contributed by atoms with Crippen LogP contribution in [0, 0.1) is 11.3 Å². The summed E-state index contributed by atoms with van der Waals surface area (Å²) in [5, 5.41) is 37.3. The average molecular weight is 750 g/mol. The summed E-state index contributed by atoms with van der Waals surface area (Å²) in [5.74, 6) is 0.244. The van der Waals surface area contributed by atoms with E-state index < -0.39 is 18.0 Å². The Labute approximate surface area is 332 Å². The zero-order chi connectivity index (χ0) is 36.8. The van der Waals surface area contributed by atoms with Crippen LogP contribution in [-0.2, 0) is 32.0 Å². The van der Waals surface area contributed by atoms with Crippen LogP contribution >= 0.6 is 11.8 Å². The van der Waals surface area contributed by atoms with E-state index in [1.54, 1.807) is 0 Å². The number of carbonyl (C=O) groups excluding carboxylic acids is 3. The molecule has 0 spiro atoms. The van der Waals surface area contributed by atoms with E-state index in [-0.39, 0.29) is 58.4 Å². The molecule has 2 saturated carbocycles. The number of benzene rings is 1. The molecule has 5 N–H and O–H groups in total. The second-order valence-corrected chi connectivity index (χ2v) is 15.3. The largest absolute Gasteiger partial charge is 1.00 e. The number of rotatable bonds is 18. The van der Waals surface area contributed by atoms with E-state index in [0.29, 0.717) is 31.2 Å². The number of ether oxygens (including phenoxy) is 1. The second-order valence-electron chi connectivity index (χ2n) is 14.2. The van der Waals surface area contributed by atoms with E-state index in [4.69, 9.17) is 15.6 Å². The number of anilines is 1. The smallest absolute Gasteiger partial charge is 0.548 e. The Morgan fingerprint density at radius 3 is 2.62 bits per heavy atom. The minimum atomic E-state index is -1.26. The fourth-order valence-corrected chi connectivity index (χ4v) is 7.18. The first-order valence-corrected chi connectivity index (χ1v) is 19.2. The van der Waals surface area contributed by atoms with E-state index in [1.165, 1.54) is 49.9 Å². The van der Waals surface area contributed by atoms with Gasteiger partial charge < -0.3 is 36.1 Å². The number of fused-ring (bicyclic) bond motifs is 1. The number of hydrogen-bond donors (Lipinski definition) is 4. The second kappa shape index (κ2) is 21.7. The number of carboxylic acids is 2. The summed E-state index contributed by atoms with van der Waals surface area (Å²) >= 11 is 1.42. The normalized spacial score (nSPS) is 18.4. The number of unbranched alkanes of at least 4 members (excludes halogenated alkanes) is 3. The first-order valence-electron chi connectivity index (χ1n) is 18.1. The number of aryl methyl sites for hydroxylation is 2. The summed E-state index contributed by atoms with van der Waals surface area (Å²) in [6, 6.07) is 5.42. The van der Waals surface area contributed by atoms with E-state index >= 15 is 0 Å². The van der Waals surface area contributed by atoms with Crippen LogP contribution in [0.4, 0.5) is 5.69 Å². The Hall–Kier alpha value is -2.98. The van der Waals surface area contributed by atoms with Gasteiger partial charge in [-0.25, -0.2) is 9.48 Å². The zero-order valence-corrected chi connectivity index (χ0v) is 33.5. The minimum Gasteiger partial charge on any atom is -0.548 e. The average Bonchev–Trinajstić information content (AvgIpc) is 3.50. The number of carbonyl (C=O) groups is 4. The van der Waals surface area contributed by atoms with Gasteiger partial charge in [-0.15, -0.1) is 5.10 Å². The molecule has 2 aromatic rings. The number of nitrogens with one attached hydrogen (secondary N) is 2. The van der Waals surface area contributed by atoms with E-state index in [9.17, 15) is 24.3 Å². The third-order valence-corrected chi connectivity index (χ3v) is 10.7. The maximum absolute atomic E-state index is 11.9. The fourth-order valence-electron chi connectivity index (χ4n) is 6.21. The molecule has 2 amide bonds. The molecule has 1 aliphatic heterocycles. The topological polar surface area (TPSA) is 214 Å². The number of aliphatic carboxylic acids is 2. The molecule has 52 heavy (non-hydrogen) atoms. The van der Waals surface area contributed by atoms with Gasteiger partial charge in [0.25, 0.3) is 0 Å². The van der Waals surface area contributed by atoms with Crippen LogP contribution in [0.5, 0.6) is 5.75 Å². The number of hydrogen-bond acceptors (Lipinski definition) is 11. The van der Waals surface area contributed by atoms with E-state index in [2.05, 4.69) is 30.8 Å². The third kappa shape index (κ3) is 14.1. The molecular formula is C36H52N7NaO7S. The van der Waals surface area contributed by atoms with Gasteiger partial charge in [-0.1, -0.05) is 39.2 Å². The van der Waals surface area contributed by atoms with Crippen molar-refractivity contribution in [2.75, 3.05) is 23.4 Å². The van der Waals surface area contributed by atoms with Gasteiger partial charge in [0.2, 0.25) is 11.8 Å². The van der Waals surface area contributed by atoms with Crippen molar-refractivity contribution in [2.24, 2.45) is 17.1 Å². The molecule has 16 heteroatoms. The molecule has 2 aliphatic carbocycles. The quantitative estimate of drug-likeness (QED) is 0.0936. The maximum atomic E-state index is 11.9. The molecule has 0 radical (unpaired) electrons. The SMILES string of the molecule is CC1(C)C[C@@H]1C(=O)N/C(=C\CCCCSC[C@H](N)C(=O)[O-])C(=O)O.O=C1CCc2cc(OCCCCc3nnnn3C3CCCCC3)ccc2N1.[Na+]. The number of carboxylic acid groups (broad SMARTS) is 2. The Kier molecular flexibility index (Phi) is 18.1. The summed E-state index contributed by atoms with van der Waals surface area (Å²) < 4.78 is 7.95. The van der Waals surface area contributed by atoms with Gasteiger partial charge in [-0.2, -0.15) is 11.8 Å². The van der Waals surface area contributed by atoms with Crippen LogP contribution in [0.3, 0.4) is 0 Å². The first kappa shape index (κ1) is 43.4. The molecule has 280 valence electrons. The maximum Gasteiger partial charge on any atom is 1.00 e. The van der Waals surface area contributed by atoms with Crippen LogP contribution in [0.15, 0.2) is 30.0 Å². The molecule has 2 fully saturated rings. The van der Waals surface area contributed by atoms with Crippen LogP contribution in [-0.4, -0.2) is 73.2 Å². The van der Waals surface area contributed by atoms with Crippen molar-refractivity contribution in [2.45, 2.75) is 116 Å². The molecule has 0 bridgehead atoms. The molecule has 2 atom stereocenters. The third-order valence-electron chi connectivity index (χ3n) is 9.53. The van der Waals surface area contributed by atoms with Gasteiger partial charge in [0.05, 0.1) is 24.7 Å². The van der Waals surface area contributed by atoms with E-state index in [1.807, 2.05) is 32.0 Å². The Morgan fingerprint density at radius 2 is 1.92 bits per heavy atom. The molecule has 2 heterocycles. The Balaban J connectivity index is 0.000000278. The van der Waals surface area contributed by atoms with Crippen LogP contribution < -0.4 is 55.8 Å². The van der Waals surface area contributed by atoms with E-state index in [0.717, 1.165) is 73.5 Å². The molecule has 1 aromatic carbocycles. The van der Waals surface area contributed by atoms with Gasteiger partial charge in [-0.05, 0) is 103 Å². The molecule has 5 rings (SSSR count). The Bertz CT molecular complexity index is 1530. The molecular weight excluding hydrogens is 697 g/mol. The number of amides is 2. The number of nitrogens with zero attached hydrogens (tertiary/aromatic N) is 4. The van der Waals surface area contributed by atoms with Crippen molar-refractivity contribution in [1.82, 2.24) is 25.5 Å². The molecule has 0 unspecified atom stereocenters. The number of tetrazole rings is 1. The summed E-state index contributed by atoms with van der Waals surface area (Å²) in [5.41, 5.74) is 7.27. The molecule has 1 aromatic heterocycles. The van der Waals surface area contributed by atoms with Gasteiger partial charge >= 0.3 is 35.5 Å². The van der Waals surface area contributed by atoms with Crippen molar-refractivity contribution in [3.8, 4) is 5.75 Å². The standard InChI is InChI=1S/C20H27N5O2.C16H26N2O5S.Na/c26-20-12-9-15-14-17(10-11-18(15)21-20)27-13-5-4-8-19-22-23-24-25(19)16-6-2-1-3-7-16;1-16(2)8-10(16)13(19)18-12(15(22)23)6-4-3-5-7-24-9-11(17)14(20)21;/h10-11,14,16H,1-9,12-13H2,(H,21,26);6,10-11H,3-5,7-9,17H2,1-2H3,(H,18,19)(H,20,21)(H,22,23);/q;;+1/p-1/b;12-6-;/t;10-,11+;/m.1./s1. The van der Waals surface area contributed by atoms with Crippen LogP contribution in [0.1, 0.15) is 108 Å². The zero-order valence-electron chi connectivity index (χ0n) is 30.7. The van der Waals surface area contributed by atoms with Gasteiger partial charge in [0, 0.05) is 30.2 Å². The van der Waals surface area contributed by atoms with Crippen LogP contribution in [0.25, 0.3) is 0 Å². The monoisotopic (exact) mass is 749 g/mol. The predicted octanol–water partition coefficient (Wildman–Crippen LogP) is 0.567. The summed E-state index contributed by atoms with van der Waals surface area (Å²) in [6.45, 7) is 4.63. The number of nitrogens with two attached hydrogens (primary N) is 1. The van der Waals surface area contributed by atoms with Gasteiger partial charge in [0.15, 0.2) is 5.82 Å². The molecule has 0 saturated heterocycles. The Morgan fingerprint density at radius 1 is 1.17 bits per heavy atom. The van der Waals surface area contributed by atoms with Crippen LogP contribution in [0.2, 0.25) is 0 Å². The van der Waals surface area contributed by atoms with Crippen molar-refractivity contribution >= 4 is 41.2 Å². The first-order chi connectivity index (χ1) is 24.4. The summed E-state index contributed by atoms with van der Waals surface area (Å²) in [6.07, 6.45) is 14.8. The number of allylic oxidation sites excluding steroid dienone is 1.